The van der Waals surface area contributed by atoms with E-state index in [1.165, 1.54) is 19.2 Å². The molecule has 0 bridgehead atoms. The molecule has 0 saturated heterocycles. The van der Waals surface area contributed by atoms with Gasteiger partial charge in [0.25, 0.3) is 0 Å². The van der Waals surface area contributed by atoms with Gasteiger partial charge in [-0.25, -0.2) is 17.5 Å². The minimum atomic E-state index is -3.46. The van der Waals surface area contributed by atoms with Crippen LogP contribution in [0.4, 0.5) is 4.39 Å². The van der Waals surface area contributed by atoms with Crippen LogP contribution in [0.3, 0.4) is 0 Å². The molecule has 0 aliphatic heterocycles. The van der Waals surface area contributed by atoms with Crippen molar-refractivity contribution < 1.29 is 12.8 Å². The van der Waals surface area contributed by atoms with Gasteiger partial charge in [-0.3, -0.25) is 0 Å². The second kappa shape index (κ2) is 4.25. The van der Waals surface area contributed by atoms with Gasteiger partial charge in [0.2, 0.25) is 10.0 Å². The molecule has 1 aromatic carbocycles. The van der Waals surface area contributed by atoms with Gasteiger partial charge in [0.1, 0.15) is 5.82 Å². The average molecular weight is 238 g/mol. The Kier molecular flexibility index (Phi) is 3.47. The van der Waals surface area contributed by atoms with E-state index in [0.29, 0.717) is 5.02 Å². The molecule has 1 N–H and O–H groups in total. The van der Waals surface area contributed by atoms with E-state index in [9.17, 15) is 12.8 Å². The highest BCUT2D eigenvalue weighted by Crippen LogP contribution is 2.16. The zero-order valence-electron chi connectivity index (χ0n) is 7.42. The molecule has 0 aliphatic carbocycles. The summed E-state index contributed by atoms with van der Waals surface area (Å²) in [7, 11) is -2.18. The molecule has 0 atom stereocenters. The van der Waals surface area contributed by atoms with Crippen LogP contribution >= 0.6 is 11.6 Å². The van der Waals surface area contributed by atoms with Crippen molar-refractivity contribution in [2.24, 2.45) is 0 Å². The number of benzene rings is 1. The van der Waals surface area contributed by atoms with E-state index in [1.807, 2.05) is 0 Å². The molecule has 0 unspecified atom stereocenters. The van der Waals surface area contributed by atoms with Gasteiger partial charge >= 0.3 is 0 Å². The standard InChI is InChI=1S/C8H9ClFNO2S/c1-11-14(12,13)5-6-4-7(9)2-3-8(6)10/h2-4,11H,5H2,1H3. The van der Waals surface area contributed by atoms with Crippen molar-refractivity contribution in [1.29, 1.82) is 0 Å². The first-order valence-electron chi connectivity index (χ1n) is 3.80. The fourth-order valence-electron chi connectivity index (χ4n) is 0.931. The zero-order chi connectivity index (χ0) is 10.8. The first kappa shape index (κ1) is 11.4. The van der Waals surface area contributed by atoms with Gasteiger partial charge in [0.15, 0.2) is 0 Å². The maximum absolute atomic E-state index is 13.1. The van der Waals surface area contributed by atoms with Crippen molar-refractivity contribution in [3.63, 3.8) is 0 Å². The van der Waals surface area contributed by atoms with Crippen molar-refractivity contribution in [1.82, 2.24) is 4.72 Å². The summed E-state index contributed by atoms with van der Waals surface area (Å²) < 4.78 is 37.4. The molecule has 0 spiro atoms. The minimum absolute atomic E-state index is 0.0619. The van der Waals surface area contributed by atoms with Gasteiger partial charge in [-0.2, -0.15) is 0 Å². The van der Waals surface area contributed by atoms with Crippen LogP contribution in [0.25, 0.3) is 0 Å². The predicted molar refractivity (Wildman–Crippen MR) is 53.1 cm³/mol. The molecule has 0 radical (unpaired) electrons. The molecule has 0 aliphatic rings. The predicted octanol–water partition coefficient (Wildman–Crippen LogP) is 1.53. The summed E-state index contributed by atoms with van der Waals surface area (Å²) in [6.45, 7) is 0. The van der Waals surface area contributed by atoms with Crippen molar-refractivity contribution >= 4 is 21.6 Å². The number of nitrogens with one attached hydrogen (secondary N) is 1. The summed E-state index contributed by atoms with van der Waals surface area (Å²) >= 11 is 5.61. The Morgan fingerprint density at radius 2 is 2.14 bits per heavy atom. The van der Waals surface area contributed by atoms with Crippen molar-refractivity contribution in [3.8, 4) is 0 Å². The van der Waals surface area contributed by atoms with Crippen LogP contribution in [-0.4, -0.2) is 15.5 Å². The quantitative estimate of drug-likeness (QED) is 0.867. The molecule has 0 amide bonds. The van der Waals surface area contributed by atoms with Crippen LogP contribution in [0.1, 0.15) is 5.56 Å². The first-order chi connectivity index (χ1) is 6.44. The number of halogens is 2. The smallest absolute Gasteiger partial charge is 0.215 e. The lowest BCUT2D eigenvalue weighted by atomic mass is 10.2. The Labute approximate surface area is 86.9 Å². The van der Waals surface area contributed by atoms with Gasteiger partial charge in [0, 0.05) is 10.6 Å². The van der Waals surface area contributed by atoms with Gasteiger partial charge in [-0.1, -0.05) is 11.6 Å². The van der Waals surface area contributed by atoms with Gasteiger partial charge in [-0.15, -0.1) is 0 Å². The number of sulfonamides is 1. The number of hydrogen-bond donors (Lipinski definition) is 1. The van der Waals surface area contributed by atoms with Gasteiger partial charge < -0.3 is 0 Å². The van der Waals surface area contributed by atoms with E-state index >= 15 is 0 Å². The van der Waals surface area contributed by atoms with E-state index in [0.717, 1.165) is 6.07 Å². The molecule has 6 heteroatoms. The van der Waals surface area contributed by atoms with Crippen molar-refractivity contribution in [3.05, 3.63) is 34.6 Å². The number of hydrogen-bond acceptors (Lipinski definition) is 2. The highest BCUT2D eigenvalue weighted by Gasteiger charge is 2.12. The monoisotopic (exact) mass is 237 g/mol. The maximum Gasteiger partial charge on any atom is 0.215 e. The van der Waals surface area contributed by atoms with Crippen molar-refractivity contribution in [2.75, 3.05) is 7.05 Å². The SMILES string of the molecule is CNS(=O)(=O)Cc1cc(Cl)ccc1F. The number of rotatable bonds is 3. The second-order valence-electron chi connectivity index (χ2n) is 2.70. The molecule has 1 aromatic rings. The lowest BCUT2D eigenvalue weighted by molar-refractivity contribution is 0.580. The second-order valence-corrected chi connectivity index (χ2v) is 5.06. The largest absolute Gasteiger partial charge is 0.218 e. The van der Waals surface area contributed by atoms with Crippen LogP contribution in [-0.2, 0) is 15.8 Å². The lowest BCUT2D eigenvalue weighted by Gasteiger charge is -2.04. The normalized spacial score (nSPS) is 11.6. The van der Waals surface area contributed by atoms with Crippen LogP contribution < -0.4 is 4.72 Å². The topological polar surface area (TPSA) is 46.2 Å². The van der Waals surface area contributed by atoms with E-state index in [2.05, 4.69) is 4.72 Å². The molecule has 0 fully saturated rings. The lowest BCUT2D eigenvalue weighted by Crippen LogP contribution is -2.20. The molecular formula is C8H9ClFNO2S. The maximum atomic E-state index is 13.1. The molecule has 1 rings (SSSR count). The fourth-order valence-corrected chi connectivity index (χ4v) is 1.90. The van der Waals surface area contributed by atoms with E-state index < -0.39 is 21.6 Å². The summed E-state index contributed by atoms with van der Waals surface area (Å²) in [4.78, 5) is 0. The Bertz CT molecular complexity index is 433. The summed E-state index contributed by atoms with van der Waals surface area (Å²) in [6, 6.07) is 3.81. The highest BCUT2D eigenvalue weighted by atomic mass is 35.5. The van der Waals surface area contributed by atoms with Gasteiger partial charge in [-0.05, 0) is 25.2 Å². The highest BCUT2D eigenvalue weighted by molar-refractivity contribution is 7.88. The van der Waals surface area contributed by atoms with Gasteiger partial charge in [0.05, 0.1) is 5.75 Å². The Morgan fingerprint density at radius 3 is 2.71 bits per heavy atom. The Morgan fingerprint density at radius 1 is 1.50 bits per heavy atom. The third-order valence-corrected chi connectivity index (χ3v) is 3.21. The fraction of sp³-hybridized carbons (Fsp3) is 0.250. The summed E-state index contributed by atoms with van der Waals surface area (Å²) in [5.74, 6) is -0.983. The third-order valence-electron chi connectivity index (χ3n) is 1.66. The summed E-state index contributed by atoms with van der Waals surface area (Å²) in [5, 5.41) is 0.313. The minimum Gasteiger partial charge on any atom is -0.218 e. The third kappa shape index (κ3) is 2.94. The van der Waals surface area contributed by atoms with Crippen LogP contribution in [0.2, 0.25) is 5.02 Å². The molecule has 0 saturated carbocycles. The first-order valence-corrected chi connectivity index (χ1v) is 5.83. The average Bonchev–Trinajstić information content (AvgIpc) is 2.11. The van der Waals surface area contributed by atoms with Crippen molar-refractivity contribution in [2.45, 2.75) is 5.75 Å². The molecule has 0 heterocycles. The van der Waals surface area contributed by atoms with E-state index in [1.54, 1.807) is 0 Å². The molecule has 14 heavy (non-hydrogen) atoms. The Balaban J connectivity index is 3.03. The molecule has 3 nitrogen and oxygen atoms in total. The Hall–Kier alpha value is -0.650. The van der Waals surface area contributed by atoms with Crippen LogP contribution in [0.5, 0.6) is 0 Å². The molecular weight excluding hydrogens is 229 g/mol. The van der Waals surface area contributed by atoms with E-state index in [-0.39, 0.29) is 5.56 Å². The zero-order valence-corrected chi connectivity index (χ0v) is 8.99. The molecule has 0 aromatic heterocycles. The van der Waals surface area contributed by atoms with Crippen LogP contribution in [0, 0.1) is 5.82 Å². The molecule has 78 valence electrons. The van der Waals surface area contributed by atoms with E-state index in [4.69, 9.17) is 11.6 Å². The summed E-state index contributed by atoms with van der Waals surface area (Å²) in [6.07, 6.45) is 0. The van der Waals surface area contributed by atoms with Crippen LogP contribution in [0.15, 0.2) is 18.2 Å². The summed E-state index contributed by atoms with van der Waals surface area (Å²) in [5.41, 5.74) is 0.0619.